The predicted molar refractivity (Wildman–Crippen MR) is 54.4 cm³/mol. The normalized spacial score (nSPS) is 9.33. The molecule has 1 aromatic rings. The van der Waals surface area contributed by atoms with Crippen molar-refractivity contribution in [1.82, 2.24) is 0 Å². The summed E-state index contributed by atoms with van der Waals surface area (Å²) in [5.41, 5.74) is 7.16. The third-order valence-corrected chi connectivity index (χ3v) is 1.70. The van der Waals surface area contributed by atoms with Gasteiger partial charge < -0.3 is 41.3 Å². The molecule has 0 heterocycles. The number of nitrogen functional groups attached to an aromatic ring is 1. The topological polar surface area (TPSA) is 66.5 Å². The largest absolute Gasteiger partial charge is 3.00 e. The third-order valence-electron chi connectivity index (χ3n) is 1.70. The molecule has 0 saturated carbocycles. The van der Waals surface area contributed by atoms with Gasteiger partial charge in [0.05, 0.1) is 5.75 Å². The van der Waals surface area contributed by atoms with Gasteiger partial charge in [-0.3, -0.25) is 0 Å². The molecule has 15 heavy (non-hydrogen) atoms. The van der Waals surface area contributed by atoms with Crippen molar-refractivity contribution in [3.05, 3.63) is 48.9 Å². The second-order valence-electron chi connectivity index (χ2n) is 2.70. The molecule has 0 atom stereocenters. The van der Waals surface area contributed by atoms with Crippen LogP contribution in [0.5, 0.6) is 11.5 Å². The zero-order valence-corrected chi connectivity index (χ0v) is 8.74. The molecule has 0 saturated heterocycles. The van der Waals surface area contributed by atoms with Gasteiger partial charge in [-0.1, -0.05) is 0 Å². The number of aromatic hydroxyl groups is 2. The van der Waals surface area contributed by atoms with Crippen LogP contribution >= 0.6 is 0 Å². The van der Waals surface area contributed by atoms with Crippen molar-refractivity contribution in [2.24, 2.45) is 0 Å². The summed E-state index contributed by atoms with van der Waals surface area (Å²) in [4.78, 5) is 0. The van der Waals surface area contributed by atoms with E-state index >= 15 is 0 Å². The van der Waals surface area contributed by atoms with Crippen molar-refractivity contribution in [2.45, 2.75) is 0 Å². The van der Waals surface area contributed by atoms with Crippen molar-refractivity contribution in [1.29, 1.82) is 0 Å². The average Bonchev–Trinajstić information content (AvgIpc) is 2.94. The average molecular weight is 247 g/mol. The number of rotatable bonds is 1. The van der Waals surface area contributed by atoms with E-state index in [4.69, 9.17) is 29.1 Å². The van der Waals surface area contributed by atoms with Gasteiger partial charge in [-0.05, 0) is 0 Å². The van der Waals surface area contributed by atoms with Gasteiger partial charge in [-0.2, -0.15) is 12.0 Å². The molecule has 1 aliphatic rings. The van der Waals surface area contributed by atoms with E-state index in [2.05, 4.69) is 0 Å². The smallest absolute Gasteiger partial charge is 0.546 e. The first-order valence-corrected chi connectivity index (χ1v) is 3.89. The zero-order valence-electron chi connectivity index (χ0n) is 7.75. The van der Waals surface area contributed by atoms with E-state index in [0.717, 1.165) is 5.56 Å². The fourth-order valence-electron chi connectivity index (χ4n) is 0.944. The van der Waals surface area contributed by atoms with Crippen molar-refractivity contribution >= 4 is 5.69 Å². The predicted octanol–water partition coefficient (Wildman–Crippen LogP) is 1.56. The van der Waals surface area contributed by atoms with Gasteiger partial charge in [0.25, 0.3) is 0 Å². The van der Waals surface area contributed by atoms with Gasteiger partial charge >= 0.3 is 16.5 Å². The minimum absolute atomic E-state index is 0. The number of benzene rings is 1. The van der Waals surface area contributed by atoms with Gasteiger partial charge in [0.15, 0.2) is 0 Å². The number of allylic oxidation sites excluding steroid dienone is 2. The Labute approximate surface area is 98.9 Å². The van der Waals surface area contributed by atoms with Crippen LogP contribution < -0.4 is 5.73 Å². The SMILES string of the molecule is Nc1cc2c(c(O)c1O)[CH-]2.[CH-]=CC=[CH-].[Ni+3]. The Kier molecular flexibility index (Phi) is 4.82. The molecule has 0 spiro atoms. The summed E-state index contributed by atoms with van der Waals surface area (Å²) in [5, 5.41) is 18.1. The zero-order chi connectivity index (χ0) is 10.7. The van der Waals surface area contributed by atoms with E-state index in [-0.39, 0.29) is 33.7 Å². The molecule has 1 aliphatic carbocycles. The minimum atomic E-state index is -0.215. The molecule has 4 N–H and O–H groups in total. The molecule has 0 unspecified atom stereocenters. The Morgan fingerprint density at radius 1 is 1.20 bits per heavy atom. The van der Waals surface area contributed by atoms with Gasteiger partial charge in [0, 0.05) is 5.69 Å². The molecule has 2 rings (SSSR count). The Balaban J connectivity index is 0.000000346. The summed E-state index contributed by atoms with van der Waals surface area (Å²) in [7, 11) is 0. The van der Waals surface area contributed by atoms with Crippen molar-refractivity contribution < 1.29 is 26.7 Å². The Bertz CT molecular complexity index is 380. The summed E-state index contributed by atoms with van der Waals surface area (Å²) in [5.74, 6) is -0.317. The molecule has 3 nitrogen and oxygen atoms in total. The molecule has 1 radical (unpaired) electrons. The van der Waals surface area contributed by atoms with Crippen LogP contribution in [0.1, 0.15) is 11.1 Å². The number of phenols is 2. The van der Waals surface area contributed by atoms with Crippen molar-refractivity contribution in [2.75, 3.05) is 5.73 Å². The van der Waals surface area contributed by atoms with Crippen LogP contribution in [0.3, 0.4) is 0 Å². The number of fused-ring (bicyclic) bond motifs is 1. The number of hydrogen-bond donors (Lipinski definition) is 3. The molecule has 0 fully saturated rings. The fourth-order valence-corrected chi connectivity index (χ4v) is 0.944. The van der Waals surface area contributed by atoms with Gasteiger partial charge in [0.2, 0.25) is 0 Å². The number of nitrogens with two attached hydrogens (primary N) is 1. The molecular weight excluding hydrogens is 237 g/mol. The van der Waals surface area contributed by atoms with Crippen LogP contribution in [0, 0.1) is 19.6 Å². The molecule has 0 amide bonds. The monoisotopic (exact) mass is 246 g/mol. The Morgan fingerprint density at radius 2 is 1.73 bits per heavy atom. The minimum Gasteiger partial charge on any atom is -0.546 e. The van der Waals surface area contributed by atoms with E-state index in [9.17, 15) is 0 Å². The van der Waals surface area contributed by atoms with E-state index in [0.29, 0.717) is 5.56 Å². The second kappa shape index (κ2) is 5.37. The first-order chi connectivity index (χ1) is 6.61. The number of hydrogen-bond acceptors (Lipinski definition) is 3. The maximum atomic E-state index is 9.08. The van der Waals surface area contributed by atoms with Gasteiger partial charge in [0.1, 0.15) is 5.75 Å². The van der Waals surface area contributed by atoms with E-state index in [1.807, 2.05) is 0 Å². The van der Waals surface area contributed by atoms with Crippen LogP contribution in [-0.4, -0.2) is 10.2 Å². The van der Waals surface area contributed by atoms with Crippen molar-refractivity contribution in [3.8, 4) is 11.5 Å². The van der Waals surface area contributed by atoms with Crippen LogP contribution in [0.4, 0.5) is 5.69 Å². The maximum absolute atomic E-state index is 9.08. The van der Waals surface area contributed by atoms with Gasteiger partial charge in [-0.15, -0.1) is 11.6 Å². The van der Waals surface area contributed by atoms with E-state index in [1.165, 1.54) is 12.2 Å². The first-order valence-electron chi connectivity index (χ1n) is 3.89. The van der Waals surface area contributed by atoms with Crippen molar-refractivity contribution in [3.63, 3.8) is 0 Å². The molecule has 4 heteroatoms. The molecule has 0 bridgehead atoms. The number of anilines is 1. The summed E-state index contributed by atoms with van der Waals surface area (Å²) in [6.45, 7) is 9.44. The van der Waals surface area contributed by atoms with Crippen LogP contribution in [-0.2, 0) is 16.5 Å². The standard InChI is InChI=1S/C7H6NO2.C4H4.Ni/c8-5-2-3-1-4(3)6(9)7(5)10;1-3-4-2;/h1-2,9-10H,8H2;1-4H;/q-1;-2;+3. The van der Waals surface area contributed by atoms with Crippen LogP contribution in [0.25, 0.3) is 0 Å². The summed E-state index contributed by atoms with van der Waals surface area (Å²) >= 11 is 0. The molecule has 81 valence electrons. The Morgan fingerprint density at radius 3 is 2.20 bits per heavy atom. The molecule has 0 aliphatic heterocycles. The third kappa shape index (κ3) is 2.96. The summed E-state index contributed by atoms with van der Waals surface area (Å²) in [6.07, 6.45) is 4.31. The fraction of sp³-hybridized carbons (Fsp3) is 0. The van der Waals surface area contributed by atoms with Crippen LogP contribution in [0.15, 0.2) is 18.2 Å². The quantitative estimate of drug-likeness (QED) is 0.235. The molecular formula is C11H10NNiO2. The maximum Gasteiger partial charge on any atom is 3.00 e. The number of phenolic OH excluding ortho intramolecular Hbond substituents is 2. The first kappa shape index (κ1) is 13.5. The molecule has 1 aromatic carbocycles. The van der Waals surface area contributed by atoms with Gasteiger partial charge in [-0.25, -0.2) is 0 Å². The van der Waals surface area contributed by atoms with E-state index < -0.39 is 0 Å². The van der Waals surface area contributed by atoms with E-state index in [1.54, 1.807) is 12.5 Å². The summed E-state index contributed by atoms with van der Waals surface area (Å²) in [6, 6.07) is 1.63. The Hall–Kier alpha value is -1.54. The van der Waals surface area contributed by atoms with Crippen LogP contribution in [0.2, 0.25) is 0 Å². The summed E-state index contributed by atoms with van der Waals surface area (Å²) < 4.78 is 0. The molecule has 0 aromatic heterocycles. The second-order valence-corrected chi connectivity index (χ2v) is 2.70.